The Morgan fingerprint density at radius 3 is 2.07 bits per heavy atom. The van der Waals surface area contributed by atoms with Gasteiger partial charge in [-0.1, -0.05) is 134 Å². The highest BCUT2D eigenvalue weighted by atomic mass is 32.1. The number of fused-ring (bicyclic) bond motifs is 17. The zero-order valence-electron chi connectivity index (χ0n) is 37.6. The first kappa shape index (κ1) is 38.9. The first-order valence-electron chi connectivity index (χ1n) is 23.4. The second kappa shape index (κ2) is 14.1. The van der Waals surface area contributed by atoms with Crippen molar-refractivity contribution in [2.24, 2.45) is 4.99 Å². The van der Waals surface area contributed by atoms with Crippen molar-refractivity contribution in [1.29, 1.82) is 0 Å². The first-order chi connectivity index (χ1) is 32.9. The molecule has 3 aromatic heterocycles. The number of para-hydroxylation sites is 1. The van der Waals surface area contributed by atoms with Gasteiger partial charge in [-0.3, -0.25) is 4.99 Å². The Labute approximate surface area is 396 Å². The molecule has 0 saturated heterocycles. The van der Waals surface area contributed by atoms with Gasteiger partial charge in [0.05, 0.1) is 5.41 Å². The van der Waals surface area contributed by atoms with E-state index in [0.717, 1.165) is 56.6 Å². The quantitative estimate of drug-likeness (QED) is 0.191. The second-order valence-corrected chi connectivity index (χ2v) is 20.7. The number of aliphatic imine (C=N–C) groups is 1. The number of benzene rings is 8. The van der Waals surface area contributed by atoms with Gasteiger partial charge in [0, 0.05) is 67.9 Å². The molecule has 0 saturated carbocycles. The molecule has 0 fully saturated rings. The summed E-state index contributed by atoms with van der Waals surface area (Å²) in [6, 6.07) is 58.4. The number of nitrogens with one attached hydrogen (secondary N) is 1. The predicted octanol–water partition coefficient (Wildman–Crippen LogP) is 17.0. The Morgan fingerprint density at radius 1 is 0.627 bits per heavy atom. The maximum absolute atomic E-state index is 6.89. The number of aryl methyl sites for hydroxylation is 1. The molecular weight excluding hydrogens is 853 g/mol. The molecule has 0 radical (unpaired) electrons. The Hall–Kier alpha value is -7.31. The van der Waals surface area contributed by atoms with Crippen LogP contribution in [0.2, 0.25) is 0 Å². The van der Waals surface area contributed by atoms with Gasteiger partial charge in [-0.2, -0.15) is 0 Å². The maximum Gasteiger partial charge on any atom is 0.143 e. The van der Waals surface area contributed by atoms with Crippen molar-refractivity contribution in [2.75, 3.05) is 0 Å². The molecule has 1 spiro atoms. The predicted molar refractivity (Wildman–Crippen MR) is 286 cm³/mol. The third kappa shape index (κ3) is 5.24. The molecule has 67 heavy (non-hydrogen) atoms. The summed E-state index contributed by atoms with van der Waals surface area (Å²) < 4.78 is 12.1. The molecule has 5 heteroatoms. The Kier molecular flexibility index (Phi) is 8.19. The number of furan rings is 1. The van der Waals surface area contributed by atoms with Crippen molar-refractivity contribution in [1.82, 2.24) is 5.32 Å². The van der Waals surface area contributed by atoms with Gasteiger partial charge in [-0.25, -0.2) is 0 Å². The third-order valence-corrected chi connectivity index (χ3v) is 17.2. The highest BCUT2D eigenvalue weighted by molar-refractivity contribution is 7.26. The van der Waals surface area contributed by atoms with Crippen LogP contribution >= 0.6 is 22.7 Å². The average molecular weight is 897 g/mol. The van der Waals surface area contributed by atoms with E-state index < -0.39 is 11.0 Å². The van der Waals surface area contributed by atoms with E-state index in [2.05, 4.69) is 209 Å². The lowest BCUT2D eigenvalue weighted by Gasteiger charge is -2.33. The molecule has 1 N–H and O–H groups in total. The smallest absolute Gasteiger partial charge is 0.143 e. The molecule has 320 valence electrons. The van der Waals surface area contributed by atoms with Gasteiger partial charge in [-0.15, -0.1) is 22.7 Å². The van der Waals surface area contributed by atoms with E-state index in [-0.39, 0.29) is 0 Å². The lowest BCUT2D eigenvalue weighted by molar-refractivity contribution is 0.623. The minimum Gasteiger partial charge on any atom is -0.455 e. The van der Waals surface area contributed by atoms with Crippen LogP contribution in [-0.2, 0) is 11.0 Å². The van der Waals surface area contributed by atoms with Gasteiger partial charge < -0.3 is 9.73 Å². The van der Waals surface area contributed by atoms with Gasteiger partial charge in [0.2, 0.25) is 0 Å². The number of thiophene rings is 2. The topological polar surface area (TPSA) is 37.5 Å². The molecule has 0 amide bonds. The Bertz CT molecular complexity index is 4110. The summed E-state index contributed by atoms with van der Waals surface area (Å²) in [6.07, 6.45) is 8.08. The average Bonchev–Trinajstić information content (AvgIpc) is 4.16. The van der Waals surface area contributed by atoms with Crippen LogP contribution in [0.25, 0.3) is 84.7 Å². The van der Waals surface area contributed by atoms with E-state index in [1.54, 1.807) is 0 Å². The summed E-state index contributed by atoms with van der Waals surface area (Å²) in [7, 11) is 0. The van der Waals surface area contributed by atoms with E-state index in [1.807, 2.05) is 22.7 Å². The number of rotatable bonds is 4. The van der Waals surface area contributed by atoms with Gasteiger partial charge in [0.15, 0.2) is 0 Å². The van der Waals surface area contributed by atoms with Crippen LogP contribution in [0.5, 0.6) is 0 Å². The molecule has 2 unspecified atom stereocenters. The molecule has 3 nitrogen and oxygen atoms in total. The summed E-state index contributed by atoms with van der Waals surface area (Å²) in [5, 5.41) is 11.5. The molecule has 3 aliphatic rings. The normalized spacial score (nSPS) is 19.9. The lowest BCUT2D eigenvalue weighted by Crippen LogP contribution is -2.34. The number of amidine groups is 1. The molecule has 4 heterocycles. The Balaban J connectivity index is 1.03. The fourth-order valence-electron chi connectivity index (χ4n) is 12.1. The SMILES string of the molecule is CC=C1C(=CCC)C2(c3cccc(C4=NC(C)(c5ccc6sc7ccccc7c6c5)C=C(c5ccc6sc7ccccc7c6c5)N4)c31)c1ccc3c(oc4ccccc43)c1-c1cccc(C)c12. The first-order valence-corrected chi connectivity index (χ1v) is 25.0. The van der Waals surface area contributed by atoms with Gasteiger partial charge in [0.1, 0.15) is 22.5 Å². The highest BCUT2D eigenvalue weighted by Crippen LogP contribution is 2.66. The van der Waals surface area contributed by atoms with E-state index in [0.29, 0.717) is 0 Å². The Morgan fingerprint density at radius 2 is 1.30 bits per heavy atom. The van der Waals surface area contributed by atoms with Crippen molar-refractivity contribution in [2.45, 2.75) is 45.1 Å². The number of allylic oxidation sites excluding steroid dienone is 4. The minimum atomic E-state index is -0.702. The standard InChI is InChI=1S/C62H44N2OS2/c1-5-15-47-38(6-2)56-44(21-14-22-48(56)62(47)49-29-28-42-39-17-7-10-23-51(39)65-59(42)57(49)43-20-13-16-35(3)58(43)62)60-63-50(36-26-30-54-45(32-36)40-18-8-11-24-52(40)66-54)34-61(4,64-60)37-27-31-55-46(33-37)41-19-9-12-25-53(41)67-55/h6-34H,5H2,1-4H3,(H,63,64). The van der Waals surface area contributed by atoms with Crippen LogP contribution < -0.4 is 5.32 Å². The van der Waals surface area contributed by atoms with Crippen LogP contribution in [0.4, 0.5) is 0 Å². The van der Waals surface area contributed by atoms with Crippen LogP contribution in [0.1, 0.15) is 71.7 Å². The van der Waals surface area contributed by atoms with Crippen LogP contribution in [-0.4, -0.2) is 5.84 Å². The summed E-state index contributed by atoms with van der Waals surface area (Å²) in [6.45, 7) is 9.06. The molecule has 2 atom stereocenters. The molecule has 11 aromatic rings. The van der Waals surface area contributed by atoms with E-state index in [1.165, 1.54) is 90.4 Å². The van der Waals surface area contributed by atoms with E-state index in [4.69, 9.17) is 9.41 Å². The lowest BCUT2D eigenvalue weighted by atomic mass is 9.69. The zero-order valence-corrected chi connectivity index (χ0v) is 39.3. The number of hydrogen-bond acceptors (Lipinski definition) is 5. The summed E-state index contributed by atoms with van der Waals surface area (Å²) in [4.78, 5) is 5.88. The van der Waals surface area contributed by atoms with E-state index in [9.17, 15) is 0 Å². The summed E-state index contributed by atoms with van der Waals surface area (Å²) in [5.41, 5.74) is 16.5. The second-order valence-electron chi connectivity index (χ2n) is 18.6. The molecule has 2 aliphatic carbocycles. The fourth-order valence-corrected chi connectivity index (χ4v) is 14.3. The zero-order chi connectivity index (χ0) is 44.8. The summed E-state index contributed by atoms with van der Waals surface area (Å²) >= 11 is 3.71. The number of nitrogens with zero attached hydrogens (tertiary/aromatic N) is 1. The molecular formula is C62H44N2OS2. The van der Waals surface area contributed by atoms with Gasteiger partial charge >= 0.3 is 0 Å². The van der Waals surface area contributed by atoms with Crippen LogP contribution in [0.15, 0.2) is 191 Å². The van der Waals surface area contributed by atoms with Crippen molar-refractivity contribution >= 4 is 102 Å². The molecule has 0 bridgehead atoms. The van der Waals surface area contributed by atoms with Gasteiger partial charge in [-0.05, 0) is 131 Å². The van der Waals surface area contributed by atoms with Crippen molar-refractivity contribution in [3.63, 3.8) is 0 Å². The van der Waals surface area contributed by atoms with E-state index >= 15 is 0 Å². The van der Waals surface area contributed by atoms with Gasteiger partial charge in [0.25, 0.3) is 0 Å². The van der Waals surface area contributed by atoms with Crippen molar-refractivity contribution in [3.05, 3.63) is 226 Å². The largest absolute Gasteiger partial charge is 0.455 e. The molecule has 8 aromatic carbocycles. The molecule has 14 rings (SSSR count). The monoisotopic (exact) mass is 896 g/mol. The van der Waals surface area contributed by atoms with Crippen molar-refractivity contribution < 1.29 is 4.42 Å². The minimum absolute atomic E-state index is 0.570. The molecule has 1 aliphatic heterocycles. The summed E-state index contributed by atoms with van der Waals surface area (Å²) in [5.74, 6) is 0.866. The fraction of sp³-hybridized carbons (Fsp3) is 0.113. The number of hydrogen-bond donors (Lipinski definition) is 1. The highest BCUT2D eigenvalue weighted by Gasteiger charge is 2.55. The van der Waals surface area contributed by atoms with Crippen LogP contribution in [0.3, 0.4) is 0 Å². The third-order valence-electron chi connectivity index (χ3n) is 14.9. The van der Waals surface area contributed by atoms with Crippen molar-refractivity contribution in [3.8, 4) is 11.1 Å². The maximum atomic E-state index is 6.89. The van der Waals surface area contributed by atoms with Crippen LogP contribution in [0, 0.1) is 6.92 Å².